The van der Waals surface area contributed by atoms with Crippen LogP contribution in [0.5, 0.6) is 0 Å². The summed E-state index contributed by atoms with van der Waals surface area (Å²) in [5.74, 6) is 0.546. The monoisotopic (exact) mass is 165 g/mol. The standard InChI is InChI=1S/C7H15NO.ClH/c8-7-3-1-6(5-9)2-4-7;/h6-7,9H,1-5,8H2;1H. The third-order valence-corrected chi connectivity index (χ3v) is 2.15. The molecule has 2 nitrogen and oxygen atoms in total. The van der Waals surface area contributed by atoms with E-state index in [0.717, 1.165) is 25.7 Å². The van der Waals surface area contributed by atoms with Crippen LogP contribution in [0.1, 0.15) is 25.7 Å². The quantitative estimate of drug-likeness (QED) is 0.607. The Labute approximate surface area is 68.2 Å². The summed E-state index contributed by atoms with van der Waals surface area (Å²) in [5.41, 5.74) is 5.67. The van der Waals surface area contributed by atoms with Crippen molar-refractivity contribution in [2.45, 2.75) is 31.7 Å². The largest absolute Gasteiger partial charge is 0.396 e. The van der Waals surface area contributed by atoms with Gasteiger partial charge in [-0.15, -0.1) is 12.4 Å². The predicted molar refractivity (Wildman–Crippen MR) is 44.3 cm³/mol. The highest BCUT2D eigenvalue weighted by Crippen LogP contribution is 2.21. The molecule has 1 aliphatic rings. The molecule has 10 heavy (non-hydrogen) atoms. The van der Waals surface area contributed by atoms with E-state index in [1.807, 2.05) is 0 Å². The van der Waals surface area contributed by atoms with Crippen molar-refractivity contribution in [2.24, 2.45) is 11.7 Å². The Morgan fingerprint density at radius 2 is 1.70 bits per heavy atom. The lowest BCUT2D eigenvalue weighted by molar-refractivity contribution is 0.183. The minimum Gasteiger partial charge on any atom is -0.396 e. The molecule has 0 radical (unpaired) electrons. The molecule has 1 saturated carbocycles. The summed E-state index contributed by atoms with van der Waals surface area (Å²) in [6, 6.07) is 0.410. The fraction of sp³-hybridized carbons (Fsp3) is 1.00. The summed E-state index contributed by atoms with van der Waals surface area (Å²) in [6.45, 7) is 0.354. The molecule has 3 N–H and O–H groups in total. The third kappa shape index (κ3) is 2.86. The number of aliphatic hydroxyl groups excluding tert-OH is 1. The summed E-state index contributed by atoms with van der Waals surface area (Å²) < 4.78 is 0. The van der Waals surface area contributed by atoms with E-state index in [4.69, 9.17) is 10.8 Å². The molecule has 0 aromatic rings. The Hall–Kier alpha value is 0.210. The molecule has 3 heteroatoms. The lowest BCUT2D eigenvalue weighted by Crippen LogP contribution is -2.27. The van der Waals surface area contributed by atoms with E-state index < -0.39 is 0 Å². The summed E-state index contributed by atoms with van der Waals surface area (Å²) in [5, 5.41) is 8.74. The van der Waals surface area contributed by atoms with Crippen LogP contribution in [-0.2, 0) is 0 Å². The van der Waals surface area contributed by atoms with E-state index in [-0.39, 0.29) is 12.4 Å². The zero-order valence-corrected chi connectivity index (χ0v) is 6.94. The Balaban J connectivity index is 0.000000810. The lowest BCUT2D eigenvalue weighted by Gasteiger charge is -2.23. The second kappa shape index (κ2) is 4.94. The first-order chi connectivity index (χ1) is 4.33. The summed E-state index contributed by atoms with van der Waals surface area (Å²) in [7, 11) is 0. The number of nitrogens with two attached hydrogens (primary N) is 1. The first-order valence-corrected chi connectivity index (χ1v) is 3.69. The van der Waals surface area contributed by atoms with Gasteiger partial charge < -0.3 is 10.8 Å². The summed E-state index contributed by atoms with van der Waals surface area (Å²) >= 11 is 0. The molecule has 0 spiro atoms. The van der Waals surface area contributed by atoms with Gasteiger partial charge in [-0.05, 0) is 31.6 Å². The highest BCUT2D eigenvalue weighted by Gasteiger charge is 2.16. The van der Waals surface area contributed by atoms with E-state index in [1.165, 1.54) is 0 Å². The molecule has 62 valence electrons. The maximum atomic E-state index is 8.74. The zero-order chi connectivity index (χ0) is 6.69. The van der Waals surface area contributed by atoms with Gasteiger partial charge >= 0.3 is 0 Å². The number of rotatable bonds is 1. The number of aliphatic hydroxyl groups is 1. The van der Waals surface area contributed by atoms with E-state index in [2.05, 4.69) is 0 Å². The van der Waals surface area contributed by atoms with Crippen LogP contribution in [0.3, 0.4) is 0 Å². The van der Waals surface area contributed by atoms with Gasteiger partial charge in [-0.3, -0.25) is 0 Å². The van der Waals surface area contributed by atoms with E-state index >= 15 is 0 Å². The minimum atomic E-state index is 0. The summed E-state index contributed by atoms with van der Waals surface area (Å²) in [4.78, 5) is 0. The van der Waals surface area contributed by atoms with Crippen LogP contribution in [0, 0.1) is 5.92 Å². The average Bonchev–Trinajstić information content (AvgIpc) is 1.90. The van der Waals surface area contributed by atoms with Gasteiger partial charge in [0.05, 0.1) is 0 Å². The molecule has 1 aliphatic carbocycles. The molecular formula is C7H16ClNO. The maximum Gasteiger partial charge on any atom is 0.0459 e. The molecular weight excluding hydrogens is 150 g/mol. The average molecular weight is 166 g/mol. The molecule has 0 atom stereocenters. The van der Waals surface area contributed by atoms with Crippen molar-refractivity contribution in [1.29, 1.82) is 0 Å². The Bertz CT molecular complexity index is 81.7. The second-order valence-electron chi connectivity index (χ2n) is 2.96. The third-order valence-electron chi connectivity index (χ3n) is 2.15. The Kier molecular flexibility index (Phi) is 5.04. The van der Waals surface area contributed by atoms with Gasteiger partial charge in [0.25, 0.3) is 0 Å². The predicted octanol–water partition coefficient (Wildman–Crippen LogP) is 0.918. The van der Waals surface area contributed by atoms with Crippen LogP contribution in [0.15, 0.2) is 0 Å². The molecule has 0 bridgehead atoms. The first-order valence-electron chi connectivity index (χ1n) is 3.69. The highest BCUT2D eigenvalue weighted by molar-refractivity contribution is 5.85. The van der Waals surface area contributed by atoms with E-state index in [1.54, 1.807) is 0 Å². The Morgan fingerprint density at radius 1 is 1.20 bits per heavy atom. The van der Waals surface area contributed by atoms with Gasteiger partial charge in [-0.2, -0.15) is 0 Å². The van der Waals surface area contributed by atoms with Crippen molar-refractivity contribution in [1.82, 2.24) is 0 Å². The van der Waals surface area contributed by atoms with Gasteiger partial charge in [-0.25, -0.2) is 0 Å². The molecule has 0 amide bonds. The first kappa shape index (κ1) is 10.2. The van der Waals surface area contributed by atoms with Crippen LogP contribution < -0.4 is 5.73 Å². The van der Waals surface area contributed by atoms with Crippen molar-refractivity contribution in [3.05, 3.63) is 0 Å². The minimum absolute atomic E-state index is 0. The van der Waals surface area contributed by atoms with Gasteiger partial charge in [-0.1, -0.05) is 0 Å². The maximum absolute atomic E-state index is 8.74. The number of hydrogen-bond donors (Lipinski definition) is 2. The molecule has 1 rings (SSSR count). The van der Waals surface area contributed by atoms with E-state index in [9.17, 15) is 0 Å². The molecule has 0 saturated heterocycles. The highest BCUT2D eigenvalue weighted by atomic mass is 35.5. The summed E-state index contributed by atoms with van der Waals surface area (Å²) in [6.07, 6.45) is 4.45. The molecule has 1 fully saturated rings. The van der Waals surface area contributed by atoms with Crippen molar-refractivity contribution >= 4 is 12.4 Å². The van der Waals surface area contributed by atoms with Crippen molar-refractivity contribution in [3.63, 3.8) is 0 Å². The van der Waals surface area contributed by atoms with Gasteiger partial charge in [0, 0.05) is 12.6 Å². The van der Waals surface area contributed by atoms with Crippen LogP contribution in [0.2, 0.25) is 0 Å². The molecule has 0 unspecified atom stereocenters. The fourth-order valence-electron chi connectivity index (χ4n) is 1.37. The van der Waals surface area contributed by atoms with Crippen molar-refractivity contribution in [3.8, 4) is 0 Å². The SMILES string of the molecule is Cl.NC1CCC(CO)CC1. The second-order valence-corrected chi connectivity index (χ2v) is 2.96. The van der Waals surface area contributed by atoms with E-state index in [0.29, 0.717) is 18.6 Å². The van der Waals surface area contributed by atoms with Crippen LogP contribution in [-0.4, -0.2) is 17.8 Å². The molecule has 0 aromatic heterocycles. The van der Waals surface area contributed by atoms with Crippen LogP contribution in [0.4, 0.5) is 0 Å². The van der Waals surface area contributed by atoms with Crippen molar-refractivity contribution < 1.29 is 5.11 Å². The van der Waals surface area contributed by atoms with Gasteiger partial charge in [0.15, 0.2) is 0 Å². The zero-order valence-electron chi connectivity index (χ0n) is 6.12. The number of halogens is 1. The smallest absolute Gasteiger partial charge is 0.0459 e. The molecule has 0 aliphatic heterocycles. The van der Waals surface area contributed by atoms with Gasteiger partial charge in [0.1, 0.15) is 0 Å². The number of hydrogen-bond acceptors (Lipinski definition) is 2. The lowest BCUT2D eigenvalue weighted by atomic mass is 9.87. The van der Waals surface area contributed by atoms with Crippen molar-refractivity contribution in [2.75, 3.05) is 6.61 Å². The Morgan fingerprint density at radius 3 is 2.10 bits per heavy atom. The normalized spacial score (nSPS) is 33.0. The van der Waals surface area contributed by atoms with Gasteiger partial charge in [0.2, 0.25) is 0 Å². The van der Waals surface area contributed by atoms with Crippen LogP contribution in [0.25, 0.3) is 0 Å². The molecule has 0 heterocycles. The topological polar surface area (TPSA) is 46.2 Å². The van der Waals surface area contributed by atoms with Crippen LogP contribution >= 0.6 is 12.4 Å². The molecule has 0 aromatic carbocycles. The fourth-order valence-corrected chi connectivity index (χ4v) is 1.37.